The van der Waals surface area contributed by atoms with E-state index in [4.69, 9.17) is 0 Å². The molecule has 0 bridgehead atoms. The minimum Gasteiger partial charge on any atom is -0.349 e. The van der Waals surface area contributed by atoms with E-state index in [1.54, 1.807) is 0 Å². The Morgan fingerprint density at radius 3 is 2.30 bits per heavy atom. The number of hydrogen-bond donors (Lipinski definition) is 1. The van der Waals surface area contributed by atoms with Crippen LogP contribution in [-0.2, 0) is 4.79 Å². The predicted octanol–water partition coefficient (Wildman–Crippen LogP) is 6.35. The zero-order valence-electron chi connectivity index (χ0n) is 24.2. The lowest BCUT2D eigenvalue weighted by atomic mass is 9.41. The summed E-state index contributed by atoms with van der Waals surface area (Å²) in [5.74, 6) is 2.25. The Labute approximate surface area is 224 Å². The smallest absolute Gasteiger partial charge is 0.251 e. The summed E-state index contributed by atoms with van der Waals surface area (Å²) in [6.07, 6.45) is 8.85. The van der Waals surface area contributed by atoms with Gasteiger partial charge in [-0.2, -0.15) is 0 Å². The van der Waals surface area contributed by atoms with Crippen LogP contribution in [0.3, 0.4) is 0 Å². The summed E-state index contributed by atoms with van der Waals surface area (Å²) in [7, 11) is 4.40. The van der Waals surface area contributed by atoms with E-state index in [9.17, 15) is 9.59 Å². The van der Waals surface area contributed by atoms with Crippen LogP contribution in [0.4, 0.5) is 0 Å². The molecule has 4 nitrogen and oxygen atoms in total. The first-order chi connectivity index (χ1) is 17.3. The summed E-state index contributed by atoms with van der Waals surface area (Å²) < 4.78 is 0. The quantitative estimate of drug-likeness (QED) is 0.520. The number of carbonyl (C=O) groups is 2. The standard InChI is InChI=1S/C33H48N2O2/c1-21(35(6)7)23-15-17-30(4)25-14-13-24-29(2,3)26(34-28(37)22-11-9-8-10-12-22)16-18-32(24)20-33(25,32)27(36)19-31(23,30)5/h8-12,21,23-26H,13-20H2,1-7H3,(H,34,37)/t21-,23+,24-,25-,26-,30-,31+,32+,33-/m0/s1. The highest BCUT2D eigenvalue weighted by Crippen LogP contribution is 2.87. The summed E-state index contributed by atoms with van der Waals surface area (Å²) in [6, 6.07) is 10.3. The lowest BCUT2D eigenvalue weighted by molar-refractivity contribution is -0.169. The van der Waals surface area contributed by atoms with Gasteiger partial charge in [-0.25, -0.2) is 0 Å². The van der Waals surface area contributed by atoms with Crippen molar-refractivity contribution in [3.05, 3.63) is 35.9 Å². The molecule has 5 fully saturated rings. The number of amides is 1. The first-order valence-electron chi connectivity index (χ1n) is 14.9. The van der Waals surface area contributed by atoms with Crippen molar-refractivity contribution in [2.75, 3.05) is 14.1 Å². The van der Waals surface area contributed by atoms with Gasteiger partial charge in [-0.15, -0.1) is 0 Å². The summed E-state index contributed by atoms with van der Waals surface area (Å²) in [6.45, 7) is 12.2. The molecular weight excluding hydrogens is 456 g/mol. The van der Waals surface area contributed by atoms with Gasteiger partial charge in [-0.05, 0) is 118 Å². The molecule has 5 aliphatic carbocycles. The van der Waals surface area contributed by atoms with Crippen LogP contribution >= 0.6 is 0 Å². The van der Waals surface area contributed by atoms with Gasteiger partial charge in [0.15, 0.2) is 0 Å². The molecule has 0 saturated heterocycles. The number of rotatable bonds is 4. The second-order valence-corrected chi connectivity index (χ2v) is 15.0. The van der Waals surface area contributed by atoms with E-state index in [0.29, 0.717) is 29.6 Å². The molecule has 0 aromatic heterocycles. The molecule has 5 saturated carbocycles. The Hall–Kier alpha value is -1.68. The highest BCUT2D eigenvalue weighted by Gasteiger charge is 2.85. The van der Waals surface area contributed by atoms with Crippen LogP contribution in [0, 0.1) is 44.8 Å². The predicted molar refractivity (Wildman–Crippen MR) is 148 cm³/mol. The van der Waals surface area contributed by atoms with Gasteiger partial charge in [-0.1, -0.05) is 45.9 Å². The summed E-state index contributed by atoms with van der Waals surface area (Å²) in [5, 5.41) is 3.43. The molecule has 37 heavy (non-hydrogen) atoms. The molecule has 0 unspecified atom stereocenters. The topological polar surface area (TPSA) is 49.4 Å². The molecule has 1 N–H and O–H groups in total. The maximum absolute atomic E-state index is 14.4. The van der Waals surface area contributed by atoms with Crippen LogP contribution in [0.2, 0.25) is 0 Å². The minimum absolute atomic E-state index is 0.0171. The minimum atomic E-state index is -0.105. The summed E-state index contributed by atoms with van der Waals surface area (Å²) in [4.78, 5) is 29.9. The van der Waals surface area contributed by atoms with Gasteiger partial charge < -0.3 is 10.2 Å². The maximum Gasteiger partial charge on any atom is 0.251 e. The number of hydrogen-bond acceptors (Lipinski definition) is 3. The van der Waals surface area contributed by atoms with Crippen molar-refractivity contribution >= 4 is 11.7 Å². The van der Waals surface area contributed by atoms with Gasteiger partial charge in [0.25, 0.3) is 5.91 Å². The number of nitrogens with zero attached hydrogens (tertiary/aromatic N) is 1. The van der Waals surface area contributed by atoms with Crippen molar-refractivity contribution in [2.45, 2.75) is 98.1 Å². The van der Waals surface area contributed by atoms with E-state index in [1.807, 2.05) is 30.3 Å². The van der Waals surface area contributed by atoms with Crippen molar-refractivity contribution in [3.63, 3.8) is 0 Å². The molecule has 9 atom stereocenters. The fourth-order valence-corrected chi connectivity index (χ4v) is 11.3. The largest absolute Gasteiger partial charge is 0.349 e. The van der Waals surface area contributed by atoms with Crippen LogP contribution in [0.25, 0.3) is 0 Å². The van der Waals surface area contributed by atoms with Gasteiger partial charge in [0.05, 0.1) is 0 Å². The fraction of sp³-hybridized carbons (Fsp3) is 0.758. The molecule has 2 spiro atoms. The van der Waals surface area contributed by atoms with Gasteiger partial charge in [0.1, 0.15) is 5.78 Å². The lowest BCUT2D eigenvalue weighted by Crippen LogP contribution is -2.62. The Kier molecular flexibility index (Phi) is 5.48. The van der Waals surface area contributed by atoms with Crippen molar-refractivity contribution in [2.24, 2.45) is 44.8 Å². The second-order valence-electron chi connectivity index (χ2n) is 15.0. The number of nitrogens with one attached hydrogen (secondary N) is 1. The molecule has 202 valence electrons. The zero-order valence-corrected chi connectivity index (χ0v) is 24.2. The van der Waals surface area contributed by atoms with E-state index in [2.05, 4.69) is 58.9 Å². The second kappa shape index (κ2) is 7.93. The highest BCUT2D eigenvalue weighted by atomic mass is 16.1. The van der Waals surface area contributed by atoms with Crippen LogP contribution in [-0.4, -0.2) is 42.8 Å². The Bertz CT molecular complexity index is 1110. The third-order valence-electron chi connectivity index (χ3n) is 13.7. The molecular formula is C33H48N2O2. The van der Waals surface area contributed by atoms with Crippen molar-refractivity contribution in [3.8, 4) is 0 Å². The number of Topliss-reactive ketones (excluding diaryl/α,β-unsaturated/α-hetero) is 1. The molecule has 1 aromatic rings. The molecule has 0 heterocycles. The normalized spacial score (nSPS) is 46.3. The average molecular weight is 505 g/mol. The third kappa shape index (κ3) is 3.06. The van der Waals surface area contributed by atoms with E-state index in [0.717, 1.165) is 31.2 Å². The molecule has 6 rings (SSSR count). The SMILES string of the molecule is C[C@@H]([C@H]1CC[C@@]2(C)[C@@H]3CC[C@H]4C(C)(C)[C@@H](NC(=O)c5ccccc5)CC[C@@]45C[C@@]35C(=O)C[C@]12C)N(C)C. The number of carbonyl (C=O) groups excluding carboxylic acids is 2. The van der Waals surface area contributed by atoms with E-state index in [1.165, 1.54) is 25.7 Å². The summed E-state index contributed by atoms with van der Waals surface area (Å²) in [5.41, 5.74) is 1.11. The maximum atomic E-state index is 14.4. The van der Waals surface area contributed by atoms with E-state index < -0.39 is 0 Å². The van der Waals surface area contributed by atoms with Crippen molar-refractivity contribution in [1.82, 2.24) is 10.2 Å². The first-order valence-corrected chi connectivity index (χ1v) is 14.9. The monoisotopic (exact) mass is 504 g/mol. The summed E-state index contributed by atoms with van der Waals surface area (Å²) >= 11 is 0. The number of ketones is 1. The van der Waals surface area contributed by atoms with Crippen LogP contribution < -0.4 is 5.32 Å². The van der Waals surface area contributed by atoms with Crippen molar-refractivity contribution in [1.29, 1.82) is 0 Å². The Balaban J connectivity index is 1.29. The van der Waals surface area contributed by atoms with Crippen LogP contribution in [0.15, 0.2) is 30.3 Å². The van der Waals surface area contributed by atoms with Crippen molar-refractivity contribution < 1.29 is 9.59 Å². The number of fused-ring (bicyclic) bond motifs is 2. The van der Waals surface area contributed by atoms with Crippen LogP contribution in [0.5, 0.6) is 0 Å². The molecule has 1 amide bonds. The van der Waals surface area contributed by atoms with E-state index in [-0.39, 0.29) is 39.0 Å². The molecule has 4 heteroatoms. The third-order valence-corrected chi connectivity index (χ3v) is 13.7. The van der Waals surface area contributed by atoms with Gasteiger partial charge in [0.2, 0.25) is 0 Å². The Morgan fingerprint density at radius 2 is 1.62 bits per heavy atom. The van der Waals surface area contributed by atoms with Crippen LogP contribution in [0.1, 0.15) is 96.3 Å². The Morgan fingerprint density at radius 1 is 0.946 bits per heavy atom. The van der Waals surface area contributed by atoms with E-state index >= 15 is 0 Å². The first kappa shape index (κ1) is 25.6. The molecule has 5 aliphatic rings. The zero-order chi connectivity index (χ0) is 26.6. The molecule has 1 aromatic carbocycles. The van der Waals surface area contributed by atoms with Gasteiger partial charge >= 0.3 is 0 Å². The molecule has 0 radical (unpaired) electrons. The van der Waals surface area contributed by atoms with Gasteiger partial charge in [-0.3, -0.25) is 9.59 Å². The average Bonchev–Trinajstić information content (AvgIpc) is 3.47. The number of benzene rings is 1. The van der Waals surface area contributed by atoms with Gasteiger partial charge in [0, 0.05) is 29.5 Å². The highest BCUT2D eigenvalue weighted by molar-refractivity contribution is 5.94. The lowest BCUT2D eigenvalue weighted by Gasteiger charge is -2.63. The molecule has 0 aliphatic heterocycles. The fourth-order valence-electron chi connectivity index (χ4n) is 11.3.